The molecule has 1 aromatic rings. The molecule has 2 nitrogen and oxygen atoms in total. The van der Waals surface area contributed by atoms with Crippen molar-refractivity contribution in [2.75, 3.05) is 0 Å². The molecule has 1 aromatic heterocycles. The zero-order valence-electron chi connectivity index (χ0n) is 10.0. The maximum Gasteiger partial charge on any atom is 0.433 e. The van der Waals surface area contributed by atoms with Crippen LogP contribution in [0.25, 0.3) is 0 Å². The molecular formula is C13H13ClF3NO. The standard InChI is InChI=1S/C13H13ClF3NO/c14-11-9(3-4-10(18-11)13(15,16)17)12(19)6-7-1-2-8(12)5-7/h3-4,7-8,19H,1-2,5-6H2. The van der Waals surface area contributed by atoms with Gasteiger partial charge in [-0.2, -0.15) is 13.2 Å². The lowest BCUT2D eigenvalue weighted by atomic mass is 9.79. The lowest BCUT2D eigenvalue weighted by Crippen LogP contribution is -2.33. The lowest BCUT2D eigenvalue weighted by molar-refractivity contribution is -0.141. The van der Waals surface area contributed by atoms with Crippen LogP contribution in [0, 0.1) is 11.8 Å². The molecule has 1 N–H and O–H groups in total. The number of nitrogens with zero attached hydrogens (tertiary/aromatic N) is 1. The Morgan fingerprint density at radius 1 is 1.32 bits per heavy atom. The van der Waals surface area contributed by atoms with Gasteiger partial charge in [0.2, 0.25) is 0 Å². The first-order chi connectivity index (χ1) is 8.80. The van der Waals surface area contributed by atoms with Crippen molar-refractivity contribution in [3.05, 3.63) is 28.5 Å². The van der Waals surface area contributed by atoms with Crippen LogP contribution in [-0.4, -0.2) is 10.1 Å². The summed E-state index contributed by atoms with van der Waals surface area (Å²) in [5.41, 5.74) is -1.78. The Hall–Kier alpha value is -0.810. The highest BCUT2D eigenvalue weighted by Gasteiger charge is 2.52. The van der Waals surface area contributed by atoms with Crippen LogP contribution in [-0.2, 0) is 11.8 Å². The van der Waals surface area contributed by atoms with Gasteiger partial charge in [-0.05, 0) is 43.6 Å². The maximum absolute atomic E-state index is 12.5. The molecule has 104 valence electrons. The van der Waals surface area contributed by atoms with E-state index in [4.69, 9.17) is 11.6 Å². The van der Waals surface area contributed by atoms with Crippen molar-refractivity contribution in [1.82, 2.24) is 4.98 Å². The Balaban J connectivity index is 1.98. The average Bonchev–Trinajstić information content (AvgIpc) is 2.87. The highest BCUT2D eigenvalue weighted by atomic mass is 35.5. The Labute approximate surface area is 113 Å². The van der Waals surface area contributed by atoms with E-state index in [9.17, 15) is 18.3 Å². The van der Waals surface area contributed by atoms with Crippen LogP contribution < -0.4 is 0 Å². The van der Waals surface area contributed by atoms with Gasteiger partial charge in [0.05, 0.1) is 5.60 Å². The molecule has 2 aliphatic carbocycles. The first-order valence-corrected chi connectivity index (χ1v) is 6.65. The molecule has 2 bridgehead atoms. The summed E-state index contributed by atoms with van der Waals surface area (Å²) in [6.07, 6.45) is -1.03. The molecule has 19 heavy (non-hydrogen) atoms. The van der Waals surface area contributed by atoms with E-state index in [1.54, 1.807) is 0 Å². The molecule has 0 spiro atoms. The predicted octanol–water partition coefficient (Wildman–Crippen LogP) is 3.76. The van der Waals surface area contributed by atoms with E-state index < -0.39 is 17.5 Å². The van der Waals surface area contributed by atoms with Crippen molar-refractivity contribution in [1.29, 1.82) is 0 Å². The van der Waals surface area contributed by atoms with Gasteiger partial charge in [-0.25, -0.2) is 4.98 Å². The van der Waals surface area contributed by atoms with Crippen molar-refractivity contribution in [3.8, 4) is 0 Å². The molecule has 0 saturated heterocycles. The zero-order valence-corrected chi connectivity index (χ0v) is 10.8. The molecule has 0 radical (unpaired) electrons. The average molecular weight is 292 g/mol. The summed E-state index contributed by atoms with van der Waals surface area (Å²) in [5.74, 6) is 0.543. The number of aliphatic hydroxyl groups is 1. The Bertz CT molecular complexity index is 519. The maximum atomic E-state index is 12.5. The third-order valence-electron chi connectivity index (χ3n) is 4.42. The van der Waals surface area contributed by atoms with Crippen LogP contribution in [0.5, 0.6) is 0 Å². The second-order valence-electron chi connectivity index (χ2n) is 5.54. The Morgan fingerprint density at radius 2 is 2.05 bits per heavy atom. The second kappa shape index (κ2) is 4.09. The zero-order chi connectivity index (χ0) is 13.8. The summed E-state index contributed by atoms with van der Waals surface area (Å²) in [6.45, 7) is 0. The fraction of sp³-hybridized carbons (Fsp3) is 0.615. The van der Waals surface area contributed by atoms with Crippen LogP contribution in [0.4, 0.5) is 13.2 Å². The molecular weight excluding hydrogens is 279 g/mol. The largest absolute Gasteiger partial charge is 0.433 e. The molecule has 2 aliphatic rings. The Kier molecular flexibility index (Phi) is 2.84. The number of fused-ring (bicyclic) bond motifs is 2. The van der Waals surface area contributed by atoms with Gasteiger partial charge in [0.15, 0.2) is 0 Å². The fourth-order valence-corrected chi connectivity index (χ4v) is 3.86. The van der Waals surface area contributed by atoms with Crippen LogP contribution in [0.1, 0.15) is 36.9 Å². The number of aromatic nitrogens is 1. The van der Waals surface area contributed by atoms with Crippen molar-refractivity contribution in [2.24, 2.45) is 11.8 Å². The molecule has 0 aromatic carbocycles. The van der Waals surface area contributed by atoms with Gasteiger partial charge < -0.3 is 5.11 Å². The second-order valence-corrected chi connectivity index (χ2v) is 5.90. The summed E-state index contributed by atoms with van der Waals surface area (Å²) in [5, 5.41) is 10.5. The molecule has 3 rings (SSSR count). The molecule has 3 atom stereocenters. The third kappa shape index (κ3) is 2.03. The monoisotopic (exact) mass is 291 g/mol. The van der Waals surface area contributed by atoms with Crippen molar-refractivity contribution >= 4 is 11.6 Å². The van der Waals surface area contributed by atoms with Crippen molar-refractivity contribution in [2.45, 2.75) is 37.5 Å². The van der Waals surface area contributed by atoms with E-state index in [0.29, 0.717) is 17.9 Å². The fourth-order valence-electron chi connectivity index (χ4n) is 3.55. The van der Waals surface area contributed by atoms with E-state index >= 15 is 0 Å². The molecule has 3 unspecified atom stereocenters. The van der Waals surface area contributed by atoms with Crippen molar-refractivity contribution in [3.63, 3.8) is 0 Å². The van der Waals surface area contributed by atoms with Gasteiger partial charge in [0.1, 0.15) is 10.8 Å². The summed E-state index contributed by atoms with van der Waals surface area (Å²) < 4.78 is 37.6. The summed E-state index contributed by atoms with van der Waals surface area (Å²) >= 11 is 5.87. The quantitative estimate of drug-likeness (QED) is 0.799. The van der Waals surface area contributed by atoms with Crippen molar-refractivity contribution < 1.29 is 18.3 Å². The summed E-state index contributed by atoms with van der Waals surface area (Å²) in [6, 6.07) is 2.17. The molecule has 0 aliphatic heterocycles. The molecule has 2 fully saturated rings. The van der Waals surface area contributed by atoms with E-state index in [1.807, 2.05) is 0 Å². The minimum absolute atomic E-state index is 0.0912. The summed E-state index contributed by atoms with van der Waals surface area (Å²) in [7, 11) is 0. The van der Waals surface area contributed by atoms with Crippen LogP contribution in [0.2, 0.25) is 5.15 Å². The summed E-state index contributed by atoms with van der Waals surface area (Å²) in [4.78, 5) is 3.40. The number of hydrogen-bond acceptors (Lipinski definition) is 2. The van der Waals surface area contributed by atoms with E-state index in [-0.39, 0.29) is 11.1 Å². The van der Waals surface area contributed by atoms with Crippen LogP contribution in [0.15, 0.2) is 12.1 Å². The molecule has 2 saturated carbocycles. The van der Waals surface area contributed by atoms with Gasteiger partial charge in [0, 0.05) is 5.56 Å². The van der Waals surface area contributed by atoms with E-state index in [0.717, 1.165) is 25.3 Å². The number of hydrogen-bond donors (Lipinski definition) is 1. The highest BCUT2D eigenvalue weighted by molar-refractivity contribution is 6.30. The van der Waals surface area contributed by atoms with Gasteiger partial charge in [-0.1, -0.05) is 17.7 Å². The number of rotatable bonds is 1. The first kappa shape index (κ1) is 13.2. The SMILES string of the molecule is OC1(c2ccc(C(F)(F)F)nc2Cl)CC2CCC1C2. The minimum atomic E-state index is -4.51. The lowest BCUT2D eigenvalue weighted by Gasteiger charge is -2.33. The molecule has 6 heteroatoms. The van der Waals surface area contributed by atoms with E-state index in [1.165, 1.54) is 6.07 Å². The third-order valence-corrected chi connectivity index (χ3v) is 4.71. The van der Waals surface area contributed by atoms with Gasteiger partial charge in [-0.15, -0.1) is 0 Å². The topological polar surface area (TPSA) is 33.1 Å². The van der Waals surface area contributed by atoms with E-state index in [2.05, 4.69) is 4.98 Å². The highest BCUT2D eigenvalue weighted by Crippen LogP contribution is 2.56. The molecule has 0 amide bonds. The van der Waals surface area contributed by atoms with Crippen LogP contribution in [0.3, 0.4) is 0 Å². The van der Waals surface area contributed by atoms with Gasteiger partial charge in [0.25, 0.3) is 0 Å². The van der Waals surface area contributed by atoms with Gasteiger partial charge >= 0.3 is 6.18 Å². The number of pyridine rings is 1. The molecule has 1 heterocycles. The normalized spacial score (nSPS) is 33.9. The van der Waals surface area contributed by atoms with Crippen LogP contribution >= 0.6 is 11.6 Å². The Morgan fingerprint density at radius 3 is 2.53 bits per heavy atom. The predicted molar refractivity (Wildman–Crippen MR) is 63.6 cm³/mol. The first-order valence-electron chi connectivity index (χ1n) is 6.27. The number of alkyl halides is 3. The van der Waals surface area contributed by atoms with Gasteiger partial charge in [-0.3, -0.25) is 0 Å². The smallest absolute Gasteiger partial charge is 0.385 e. The minimum Gasteiger partial charge on any atom is -0.385 e. The number of halogens is 4.